The molecule has 0 aromatic heterocycles. The van der Waals surface area contributed by atoms with Crippen molar-refractivity contribution in [1.82, 2.24) is 15.1 Å². The molecule has 4 heterocycles. The molecular formula is C24H28FN3O3S. The maximum Gasteiger partial charge on any atom is 0.318 e. The van der Waals surface area contributed by atoms with E-state index in [0.29, 0.717) is 18.9 Å². The van der Waals surface area contributed by atoms with Gasteiger partial charge in [0.25, 0.3) is 0 Å². The smallest absolute Gasteiger partial charge is 0.318 e. The molecule has 170 valence electrons. The van der Waals surface area contributed by atoms with E-state index in [2.05, 4.69) is 10.2 Å². The van der Waals surface area contributed by atoms with Gasteiger partial charge in [0.15, 0.2) is 9.84 Å². The number of urea groups is 1. The molecule has 6 nitrogen and oxygen atoms in total. The van der Waals surface area contributed by atoms with E-state index in [0.717, 1.165) is 49.2 Å². The van der Waals surface area contributed by atoms with Crippen molar-refractivity contribution in [2.45, 2.75) is 36.2 Å². The third-order valence-corrected chi connectivity index (χ3v) is 8.29. The number of halogens is 1. The molecule has 2 bridgehead atoms. The zero-order chi connectivity index (χ0) is 22.5. The lowest BCUT2D eigenvalue weighted by molar-refractivity contribution is 0.0715. The molecule has 4 aliphatic heterocycles. The fourth-order valence-electron chi connectivity index (χ4n) is 5.43. The van der Waals surface area contributed by atoms with Crippen molar-refractivity contribution in [2.24, 2.45) is 5.92 Å². The predicted molar refractivity (Wildman–Crippen MR) is 120 cm³/mol. The Bertz CT molecular complexity index is 1130. The highest BCUT2D eigenvalue weighted by Gasteiger charge is 2.38. The standard InChI is InChI=1S/C24H28FN3O3S/c1-32(30,31)20-6-7-21-18(14-20)10-13-28(23(21)17-2-4-19(25)5-3-17)24(29)26-22-15-27-11-8-16(22)9-12-27/h2-7,14,16,22-23H,8-13,15H2,1H3,(H,26,29)/t22-,23?/m1/s1. The number of amides is 2. The van der Waals surface area contributed by atoms with Crippen molar-refractivity contribution in [3.63, 3.8) is 0 Å². The SMILES string of the molecule is CS(=O)(=O)c1ccc2c(c1)CCN(C(=O)N[C@@H]1CN3CCC1CC3)C2c1ccc(F)cc1. The number of carbonyl (C=O) groups is 1. The monoisotopic (exact) mass is 457 g/mol. The second kappa shape index (κ2) is 8.15. The lowest BCUT2D eigenvalue weighted by Gasteiger charge is -2.46. The number of sulfone groups is 1. The Morgan fingerprint density at radius 1 is 1.06 bits per heavy atom. The molecule has 3 saturated heterocycles. The first-order valence-corrected chi connectivity index (χ1v) is 13.1. The van der Waals surface area contributed by atoms with Crippen molar-refractivity contribution in [3.05, 3.63) is 65.0 Å². The van der Waals surface area contributed by atoms with Crippen LogP contribution in [0.25, 0.3) is 0 Å². The Morgan fingerprint density at radius 2 is 1.78 bits per heavy atom. The molecule has 0 spiro atoms. The highest BCUT2D eigenvalue weighted by atomic mass is 32.2. The summed E-state index contributed by atoms with van der Waals surface area (Å²) in [5.41, 5.74) is 2.61. The summed E-state index contributed by atoms with van der Waals surface area (Å²) in [6.45, 7) is 3.57. The molecule has 2 amide bonds. The summed E-state index contributed by atoms with van der Waals surface area (Å²) >= 11 is 0. The highest BCUT2D eigenvalue weighted by Crippen LogP contribution is 2.37. The van der Waals surface area contributed by atoms with Crippen molar-refractivity contribution in [2.75, 3.05) is 32.4 Å². The molecule has 1 N–H and O–H groups in total. The van der Waals surface area contributed by atoms with Crippen LogP contribution in [0.4, 0.5) is 9.18 Å². The number of benzene rings is 2. The number of nitrogens with one attached hydrogen (secondary N) is 1. The van der Waals surface area contributed by atoms with Gasteiger partial charge in [-0.2, -0.15) is 0 Å². The first kappa shape index (κ1) is 21.4. The zero-order valence-electron chi connectivity index (χ0n) is 18.1. The maximum atomic E-state index is 13.6. The van der Waals surface area contributed by atoms with Gasteiger partial charge in [-0.3, -0.25) is 0 Å². The molecule has 1 unspecified atom stereocenters. The molecular weight excluding hydrogens is 429 g/mol. The number of hydrogen-bond acceptors (Lipinski definition) is 4. The minimum absolute atomic E-state index is 0.115. The summed E-state index contributed by atoms with van der Waals surface area (Å²) in [4.78, 5) is 17.9. The summed E-state index contributed by atoms with van der Waals surface area (Å²) < 4.78 is 37.7. The molecule has 2 aromatic carbocycles. The van der Waals surface area contributed by atoms with Gasteiger partial charge in [0.2, 0.25) is 0 Å². The maximum absolute atomic E-state index is 13.6. The topological polar surface area (TPSA) is 69.7 Å². The van der Waals surface area contributed by atoms with Crippen LogP contribution in [0.5, 0.6) is 0 Å². The van der Waals surface area contributed by atoms with Gasteiger partial charge in [-0.25, -0.2) is 17.6 Å². The van der Waals surface area contributed by atoms with Gasteiger partial charge in [-0.05, 0) is 79.2 Å². The van der Waals surface area contributed by atoms with E-state index in [1.807, 2.05) is 4.90 Å². The van der Waals surface area contributed by atoms with Gasteiger partial charge in [-0.1, -0.05) is 18.2 Å². The highest BCUT2D eigenvalue weighted by molar-refractivity contribution is 7.90. The van der Waals surface area contributed by atoms with Crippen LogP contribution in [0.2, 0.25) is 0 Å². The van der Waals surface area contributed by atoms with Gasteiger partial charge in [-0.15, -0.1) is 0 Å². The largest absolute Gasteiger partial charge is 0.334 e. The Labute approximate surface area is 188 Å². The third-order valence-electron chi connectivity index (χ3n) is 7.18. The molecule has 2 atom stereocenters. The van der Waals surface area contributed by atoms with Crippen LogP contribution in [0.15, 0.2) is 47.4 Å². The van der Waals surface area contributed by atoms with E-state index < -0.39 is 15.9 Å². The molecule has 0 radical (unpaired) electrons. The molecule has 4 aliphatic rings. The first-order valence-electron chi connectivity index (χ1n) is 11.2. The number of rotatable bonds is 3. The summed E-state index contributed by atoms with van der Waals surface area (Å²) in [5, 5.41) is 3.27. The Balaban J connectivity index is 1.48. The van der Waals surface area contributed by atoms with Gasteiger partial charge in [0, 0.05) is 25.4 Å². The number of hydrogen-bond donors (Lipinski definition) is 1. The van der Waals surface area contributed by atoms with Crippen LogP contribution >= 0.6 is 0 Å². The molecule has 0 aliphatic carbocycles. The van der Waals surface area contributed by atoms with Crippen LogP contribution in [0.1, 0.15) is 35.6 Å². The number of piperidine rings is 3. The van der Waals surface area contributed by atoms with Crippen molar-refractivity contribution < 1.29 is 17.6 Å². The average Bonchev–Trinajstić information content (AvgIpc) is 2.79. The molecule has 8 heteroatoms. The van der Waals surface area contributed by atoms with Crippen LogP contribution in [0, 0.1) is 11.7 Å². The minimum atomic E-state index is -3.33. The summed E-state index contributed by atoms with van der Waals surface area (Å²) in [6.07, 6.45) is 4.00. The predicted octanol–water partition coefficient (Wildman–Crippen LogP) is 2.98. The molecule has 2 aromatic rings. The van der Waals surface area contributed by atoms with E-state index in [1.165, 1.54) is 18.4 Å². The third kappa shape index (κ3) is 4.01. The lowest BCUT2D eigenvalue weighted by Crippen LogP contribution is -2.59. The quantitative estimate of drug-likeness (QED) is 0.770. The number of fused-ring (bicyclic) bond motifs is 4. The summed E-state index contributed by atoms with van der Waals surface area (Å²) in [7, 11) is -3.33. The Kier molecular flexibility index (Phi) is 5.45. The van der Waals surface area contributed by atoms with E-state index in [9.17, 15) is 17.6 Å². The fourth-order valence-corrected chi connectivity index (χ4v) is 6.10. The van der Waals surface area contributed by atoms with E-state index in [4.69, 9.17) is 0 Å². The Hall–Kier alpha value is -2.45. The van der Waals surface area contributed by atoms with Crippen LogP contribution < -0.4 is 5.32 Å². The summed E-state index contributed by atoms with van der Waals surface area (Å²) in [5.74, 6) is 0.183. The fraction of sp³-hybridized carbons (Fsp3) is 0.458. The second-order valence-corrected chi connectivity index (χ2v) is 11.2. The van der Waals surface area contributed by atoms with E-state index >= 15 is 0 Å². The van der Waals surface area contributed by atoms with Gasteiger partial charge in [0.1, 0.15) is 5.82 Å². The molecule has 3 fully saturated rings. The number of nitrogens with zero attached hydrogens (tertiary/aromatic N) is 2. The van der Waals surface area contributed by atoms with Crippen molar-refractivity contribution >= 4 is 15.9 Å². The Morgan fingerprint density at radius 3 is 2.41 bits per heavy atom. The van der Waals surface area contributed by atoms with Crippen LogP contribution in [-0.4, -0.2) is 62.7 Å². The van der Waals surface area contributed by atoms with Crippen LogP contribution in [0.3, 0.4) is 0 Å². The molecule has 0 saturated carbocycles. The normalized spacial score (nSPS) is 27.1. The minimum Gasteiger partial charge on any atom is -0.334 e. The molecule has 32 heavy (non-hydrogen) atoms. The van der Waals surface area contributed by atoms with Crippen molar-refractivity contribution in [3.8, 4) is 0 Å². The van der Waals surface area contributed by atoms with E-state index in [1.54, 1.807) is 30.3 Å². The summed E-state index contributed by atoms with van der Waals surface area (Å²) in [6, 6.07) is 11.0. The van der Waals surface area contributed by atoms with Crippen molar-refractivity contribution in [1.29, 1.82) is 0 Å². The average molecular weight is 458 g/mol. The lowest BCUT2D eigenvalue weighted by atomic mass is 9.84. The van der Waals surface area contributed by atoms with Gasteiger partial charge < -0.3 is 15.1 Å². The van der Waals surface area contributed by atoms with Crippen LogP contribution in [-0.2, 0) is 16.3 Å². The first-order chi connectivity index (χ1) is 15.3. The molecule has 6 rings (SSSR count). The number of carbonyl (C=O) groups excluding carboxylic acids is 1. The van der Waals surface area contributed by atoms with E-state index in [-0.39, 0.29) is 22.8 Å². The van der Waals surface area contributed by atoms with Gasteiger partial charge >= 0.3 is 6.03 Å². The zero-order valence-corrected chi connectivity index (χ0v) is 18.9. The second-order valence-electron chi connectivity index (χ2n) is 9.22. The van der Waals surface area contributed by atoms with Gasteiger partial charge in [0.05, 0.1) is 10.9 Å².